The first-order valence-corrected chi connectivity index (χ1v) is 10.1. The molecule has 176 valence electrons. The Hall–Kier alpha value is -3.79. The van der Waals surface area contributed by atoms with Crippen LogP contribution in [0.25, 0.3) is 11.3 Å². The number of aliphatic hydroxyl groups excluding tert-OH is 1. The zero-order valence-corrected chi connectivity index (χ0v) is 18.6. The highest BCUT2D eigenvalue weighted by molar-refractivity contribution is 5.85. The minimum absolute atomic E-state index is 0.0254. The first-order chi connectivity index (χ1) is 15.6. The van der Waals surface area contributed by atoms with E-state index in [0.717, 1.165) is 5.56 Å². The summed E-state index contributed by atoms with van der Waals surface area (Å²) in [6, 6.07) is 14.2. The molecule has 33 heavy (non-hydrogen) atoms. The maximum Gasteiger partial charge on any atom is 0.353 e. The topological polar surface area (TPSA) is 138 Å². The van der Waals surface area contributed by atoms with E-state index in [2.05, 4.69) is 9.72 Å². The maximum atomic E-state index is 12.3. The Morgan fingerprint density at radius 1 is 0.697 bits per heavy atom. The zero-order chi connectivity index (χ0) is 24.5. The Kier molecular flexibility index (Phi) is 9.05. The zero-order valence-electron chi connectivity index (χ0n) is 18.6. The van der Waals surface area contributed by atoms with Gasteiger partial charge in [-0.05, 0) is 33.8 Å². The molecule has 1 heterocycles. The Labute approximate surface area is 190 Å². The lowest BCUT2D eigenvalue weighted by Crippen LogP contribution is -2.37. The van der Waals surface area contributed by atoms with E-state index in [9.17, 15) is 19.2 Å². The standard InChI is InChI=1S/C23H25NO9/c1-13(25)20(26)30-14(2)21(27)31-15(3)22(28)32-16(4)23(29)33-19-12-8-11-18(24-19)17-9-6-5-7-10-17/h5-16,25H,1-4H3/t13-,14-,15-,16-/m0/s1. The second-order valence-corrected chi connectivity index (χ2v) is 7.06. The van der Waals surface area contributed by atoms with Crippen LogP contribution in [0, 0.1) is 0 Å². The molecule has 0 bridgehead atoms. The lowest BCUT2D eigenvalue weighted by atomic mass is 10.1. The number of hydrogen-bond acceptors (Lipinski definition) is 10. The van der Waals surface area contributed by atoms with E-state index >= 15 is 0 Å². The molecular formula is C23H25NO9. The molecule has 0 amide bonds. The summed E-state index contributed by atoms with van der Waals surface area (Å²) >= 11 is 0. The van der Waals surface area contributed by atoms with E-state index in [1.165, 1.54) is 33.8 Å². The van der Waals surface area contributed by atoms with Gasteiger partial charge in [-0.15, -0.1) is 0 Å². The van der Waals surface area contributed by atoms with Crippen LogP contribution in [-0.4, -0.2) is 58.4 Å². The largest absolute Gasteiger partial charge is 0.449 e. The van der Waals surface area contributed by atoms with Crippen LogP contribution in [0.1, 0.15) is 27.7 Å². The molecule has 2 rings (SSSR count). The summed E-state index contributed by atoms with van der Waals surface area (Å²) in [6.07, 6.45) is -5.48. The number of carbonyl (C=O) groups is 4. The van der Waals surface area contributed by atoms with E-state index in [1.54, 1.807) is 12.1 Å². The summed E-state index contributed by atoms with van der Waals surface area (Å²) in [4.78, 5) is 52.0. The number of hydrogen-bond donors (Lipinski definition) is 1. The van der Waals surface area contributed by atoms with Crippen molar-refractivity contribution in [1.82, 2.24) is 4.98 Å². The molecule has 2 aromatic rings. The second kappa shape index (κ2) is 11.7. The molecule has 0 spiro atoms. The third-order valence-corrected chi connectivity index (χ3v) is 4.21. The van der Waals surface area contributed by atoms with Crippen molar-refractivity contribution in [2.75, 3.05) is 0 Å². The molecule has 0 aliphatic heterocycles. The highest BCUT2D eigenvalue weighted by Gasteiger charge is 2.29. The summed E-state index contributed by atoms with van der Waals surface area (Å²) in [7, 11) is 0. The van der Waals surface area contributed by atoms with Gasteiger partial charge in [-0.1, -0.05) is 36.4 Å². The number of aromatic nitrogens is 1. The van der Waals surface area contributed by atoms with Gasteiger partial charge in [0.1, 0.15) is 6.10 Å². The van der Waals surface area contributed by atoms with Crippen molar-refractivity contribution in [2.45, 2.75) is 52.1 Å². The fourth-order valence-corrected chi connectivity index (χ4v) is 2.38. The Morgan fingerprint density at radius 2 is 1.21 bits per heavy atom. The summed E-state index contributed by atoms with van der Waals surface area (Å²) < 4.78 is 19.7. The molecule has 0 saturated carbocycles. The van der Waals surface area contributed by atoms with Gasteiger partial charge in [-0.2, -0.15) is 0 Å². The van der Waals surface area contributed by atoms with Crippen LogP contribution >= 0.6 is 0 Å². The number of ether oxygens (including phenoxy) is 4. The van der Waals surface area contributed by atoms with Crippen LogP contribution in [0.5, 0.6) is 5.88 Å². The van der Waals surface area contributed by atoms with Crippen molar-refractivity contribution < 1.29 is 43.2 Å². The summed E-state index contributed by atoms with van der Waals surface area (Å²) in [5.41, 5.74) is 1.43. The smallest absolute Gasteiger partial charge is 0.353 e. The summed E-state index contributed by atoms with van der Waals surface area (Å²) in [5.74, 6) is -3.90. The molecule has 1 aromatic carbocycles. The molecule has 0 aliphatic carbocycles. The SMILES string of the molecule is C[C@H](O)C(=O)O[C@@H](C)C(=O)O[C@@H](C)C(=O)O[C@@H](C)C(=O)Oc1cccc(-c2ccccc2)n1. The monoisotopic (exact) mass is 459 g/mol. The van der Waals surface area contributed by atoms with Crippen LogP contribution in [-0.2, 0) is 33.4 Å². The Bertz CT molecular complexity index is 990. The number of benzene rings is 1. The highest BCUT2D eigenvalue weighted by Crippen LogP contribution is 2.19. The molecule has 0 unspecified atom stereocenters. The molecule has 0 aliphatic rings. The van der Waals surface area contributed by atoms with E-state index in [1.807, 2.05) is 30.3 Å². The van der Waals surface area contributed by atoms with E-state index < -0.39 is 48.3 Å². The number of carbonyl (C=O) groups excluding carboxylic acids is 4. The first kappa shape index (κ1) is 25.5. The van der Waals surface area contributed by atoms with Gasteiger partial charge in [0.2, 0.25) is 5.88 Å². The Morgan fingerprint density at radius 3 is 1.76 bits per heavy atom. The van der Waals surface area contributed by atoms with Gasteiger partial charge in [0, 0.05) is 11.6 Å². The number of rotatable bonds is 9. The van der Waals surface area contributed by atoms with Crippen molar-refractivity contribution in [3.05, 3.63) is 48.5 Å². The van der Waals surface area contributed by atoms with Gasteiger partial charge in [0.15, 0.2) is 18.3 Å². The van der Waals surface area contributed by atoms with Gasteiger partial charge in [0.25, 0.3) is 0 Å². The third kappa shape index (κ3) is 7.69. The molecule has 10 heteroatoms. The molecule has 4 atom stereocenters. The number of pyridine rings is 1. The van der Waals surface area contributed by atoms with Crippen molar-refractivity contribution >= 4 is 23.9 Å². The van der Waals surface area contributed by atoms with Crippen molar-refractivity contribution in [2.24, 2.45) is 0 Å². The third-order valence-electron chi connectivity index (χ3n) is 4.21. The minimum atomic E-state index is -1.42. The molecule has 1 N–H and O–H groups in total. The van der Waals surface area contributed by atoms with Crippen molar-refractivity contribution in [1.29, 1.82) is 0 Å². The van der Waals surface area contributed by atoms with Crippen molar-refractivity contribution in [3.8, 4) is 17.1 Å². The lowest BCUT2D eigenvalue weighted by Gasteiger charge is -2.18. The van der Waals surface area contributed by atoms with Gasteiger partial charge in [0.05, 0.1) is 5.69 Å². The predicted molar refractivity (Wildman–Crippen MR) is 114 cm³/mol. The molecule has 0 radical (unpaired) electrons. The summed E-state index contributed by atoms with van der Waals surface area (Å²) in [6.45, 7) is 4.92. The molecule has 0 saturated heterocycles. The number of esters is 4. The quantitative estimate of drug-likeness (QED) is 0.436. The predicted octanol–water partition coefficient (Wildman–Crippen LogP) is 1.83. The summed E-state index contributed by atoms with van der Waals surface area (Å²) in [5, 5.41) is 9.10. The van der Waals surface area contributed by atoms with Crippen LogP contribution in [0.3, 0.4) is 0 Å². The lowest BCUT2D eigenvalue weighted by molar-refractivity contribution is -0.182. The molecule has 0 fully saturated rings. The van der Waals surface area contributed by atoms with E-state index in [-0.39, 0.29) is 5.88 Å². The highest BCUT2D eigenvalue weighted by atomic mass is 16.6. The first-order valence-electron chi connectivity index (χ1n) is 10.1. The van der Waals surface area contributed by atoms with Crippen molar-refractivity contribution in [3.63, 3.8) is 0 Å². The average Bonchev–Trinajstić information content (AvgIpc) is 2.79. The van der Waals surface area contributed by atoms with Gasteiger partial charge >= 0.3 is 23.9 Å². The minimum Gasteiger partial charge on any atom is -0.449 e. The maximum absolute atomic E-state index is 12.3. The van der Waals surface area contributed by atoms with E-state index in [0.29, 0.717) is 5.69 Å². The normalized spacial score (nSPS) is 14.2. The fourth-order valence-electron chi connectivity index (χ4n) is 2.38. The molecule has 1 aromatic heterocycles. The van der Waals surface area contributed by atoms with E-state index in [4.69, 9.17) is 19.3 Å². The van der Waals surface area contributed by atoms with Gasteiger partial charge < -0.3 is 24.1 Å². The molecular weight excluding hydrogens is 434 g/mol. The number of nitrogens with zero attached hydrogens (tertiary/aromatic N) is 1. The van der Waals surface area contributed by atoms with Crippen LogP contribution in [0.4, 0.5) is 0 Å². The van der Waals surface area contributed by atoms with Crippen LogP contribution < -0.4 is 4.74 Å². The van der Waals surface area contributed by atoms with Gasteiger partial charge in [-0.3, -0.25) is 0 Å². The van der Waals surface area contributed by atoms with Crippen LogP contribution in [0.2, 0.25) is 0 Å². The van der Waals surface area contributed by atoms with Gasteiger partial charge in [-0.25, -0.2) is 24.2 Å². The second-order valence-electron chi connectivity index (χ2n) is 7.06. The molecule has 10 nitrogen and oxygen atoms in total. The average molecular weight is 459 g/mol. The fraction of sp³-hybridized carbons (Fsp3) is 0.348. The Balaban J connectivity index is 1.89. The number of aliphatic hydroxyl groups is 1. The van der Waals surface area contributed by atoms with Crippen LogP contribution in [0.15, 0.2) is 48.5 Å².